The summed E-state index contributed by atoms with van der Waals surface area (Å²) in [6, 6.07) is 0.660. The predicted molar refractivity (Wildman–Crippen MR) is 51.4 cm³/mol. The van der Waals surface area contributed by atoms with Gasteiger partial charge in [0, 0.05) is 13.1 Å². The van der Waals surface area contributed by atoms with Gasteiger partial charge in [0.1, 0.15) is 0 Å². The van der Waals surface area contributed by atoms with Crippen molar-refractivity contribution in [3.05, 3.63) is 0 Å². The zero-order chi connectivity index (χ0) is 8.10. The molecule has 11 heavy (non-hydrogen) atoms. The van der Waals surface area contributed by atoms with E-state index in [0.29, 0.717) is 6.04 Å². The Labute approximate surface area is 73.9 Å². The third-order valence-electron chi connectivity index (χ3n) is 2.15. The number of rotatable bonds is 3. The van der Waals surface area contributed by atoms with E-state index in [0.717, 1.165) is 0 Å². The summed E-state index contributed by atoms with van der Waals surface area (Å²) in [4.78, 5) is 0. The second kappa shape index (κ2) is 4.67. The summed E-state index contributed by atoms with van der Waals surface area (Å²) < 4.78 is 0. The van der Waals surface area contributed by atoms with Gasteiger partial charge in [0.2, 0.25) is 0 Å². The minimum absolute atomic E-state index is 0.660. The molecule has 2 nitrogen and oxygen atoms in total. The van der Waals surface area contributed by atoms with Crippen LogP contribution in [0.3, 0.4) is 0 Å². The standard InChI is InChI=1S/C8H16N2S/c1-10(7-11)9-8-5-3-2-4-6-8/h7-9H,2-6H2,1H3. The normalized spacial score (nSPS) is 19.7. The van der Waals surface area contributed by atoms with Crippen molar-refractivity contribution in [2.24, 2.45) is 0 Å². The Kier molecular flexibility index (Phi) is 3.80. The fraction of sp³-hybridized carbons (Fsp3) is 0.875. The highest BCUT2D eigenvalue weighted by atomic mass is 32.1. The van der Waals surface area contributed by atoms with Crippen molar-refractivity contribution in [2.75, 3.05) is 7.05 Å². The number of hydrazine groups is 1. The number of hydrogen-bond acceptors (Lipinski definition) is 2. The predicted octanol–water partition coefficient (Wildman–Crippen LogP) is 1.71. The highest BCUT2D eigenvalue weighted by molar-refractivity contribution is 7.78. The van der Waals surface area contributed by atoms with Crippen molar-refractivity contribution in [3.63, 3.8) is 0 Å². The van der Waals surface area contributed by atoms with E-state index in [9.17, 15) is 0 Å². The van der Waals surface area contributed by atoms with Gasteiger partial charge in [-0.2, -0.15) is 0 Å². The number of nitrogens with one attached hydrogen (secondary N) is 1. The quantitative estimate of drug-likeness (QED) is 0.515. The Hall–Kier alpha value is -0.150. The SMILES string of the molecule is CN(C=S)NC1CCCCC1. The minimum Gasteiger partial charge on any atom is -0.308 e. The summed E-state index contributed by atoms with van der Waals surface area (Å²) in [7, 11) is 1.96. The molecule has 1 saturated carbocycles. The fourth-order valence-electron chi connectivity index (χ4n) is 1.55. The fourth-order valence-corrected chi connectivity index (χ4v) is 1.61. The largest absolute Gasteiger partial charge is 0.308 e. The molecular formula is C8H16N2S. The number of thiocarbonyl (C=S) groups is 1. The van der Waals surface area contributed by atoms with Gasteiger partial charge in [-0.1, -0.05) is 31.5 Å². The summed E-state index contributed by atoms with van der Waals surface area (Å²) >= 11 is 4.78. The maximum Gasteiger partial charge on any atom is 0.0784 e. The molecule has 64 valence electrons. The van der Waals surface area contributed by atoms with Crippen molar-refractivity contribution in [1.29, 1.82) is 0 Å². The molecule has 0 atom stereocenters. The first kappa shape index (κ1) is 8.94. The second-order valence-corrected chi connectivity index (χ2v) is 3.39. The van der Waals surface area contributed by atoms with E-state index in [1.54, 1.807) is 5.49 Å². The van der Waals surface area contributed by atoms with Gasteiger partial charge < -0.3 is 5.01 Å². The lowest BCUT2D eigenvalue weighted by atomic mass is 9.96. The molecule has 0 radical (unpaired) electrons. The molecule has 0 bridgehead atoms. The van der Waals surface area contributed by atoms with Crippen LogP contribution in [0.5, 0.6) is 0 Å². The molecule has 1 rings (SSSR count). The molecule has 0 unspecified atom stereocenters. The maximum absolute atomic E-state index is 4.78. The molecule has 1 N–H and O–H groups in total. The van der Waals surface area contributed by atoms with Gasteiger partial charge in [0.15, 0.2) is 0 Å². The lowest BCUT2D eigenvalue weighted by molar-refractivity contribution is 0.261. The van der Waals surface area contributed by atoms with Crippen LogP contribution in [0.15, 0.2) is 0 Å². The van der Waals surface area contributed by atoms with E-state index >= 15 is 0 Å². The minimum atomic E-state index is 0.660. The molecule has 0 aromatic heterocycles. The lowest BCUT2D eigenvalue weighted by Crippen LogP contribution is -2.41. The van der Waals surface area contributed by atoms with Gasteiger partial charge in [0.25, 0.3) is 0 Å². The van der Waals surface area contributed by atoms with Crippen LogP contribution in [0.2, 0.25) is 0 Å². The molecule has 3 heteroatoms. The van der Waals surface area contributed by atoms with Gasteiger partial charge in [-0.15, -0.1) is 0 Å². The van der Waals surface area contributed by atoms with Gasteiger partial charge in [-0.3, -0.25) is 0 Å². The summed E-state index contributed by atoms with van der Waals surface area (Å²) in [5.74, 6) is 0. The van der Waals surface area contributed by atoms with Crippen LogP contribution in [0, 0.1) is 0 Å². The van der Waals surface area contributed by atoms with Crippen molar-refractivity contribution >= 4 is 17.7 Å². The Balaban J connectivity index is 2.18. The van der Waals surface area contributed by atoms with Crippen molar-refractivity contribution in [3.8, 4) is 0 Å². The average Bonchev–Trinajstić information content (AvgIpc) is 2.06. The maximum atomic E-state index is 4.78. The van der Waals surface area contributed by atoms with Gasteiger partial charge in [-0.05, 0) is 12.8 Å². The first-order valence-corrected chi connectivity index (χ1v) is 4.74. The molecule has 1 aliphatic rings. The van der Waals surface area contributed by atoms with E-state index in [2.05, 4.69) is 5.43 Å². The third kappa shape index (κ3) is 3.16. The van der Waals surface area contributed by atoms with Gasteiger partial charge in [0.05, 0.1) is 5.49 Å². The Morgan fingerprint density at radius 3 is 2.55 bits per heavy atom. The Morgan fingerprint density at radius 2 is 2.00 bits per heavy atom. The molecule has 0 spiro atoms. The summed E-state index contributed by atoms with van der Waals surface area (Å²) in [5, 5.41) is 1.88. The topological polar surface area (TPSA) is 15.3 Å². The van der Waals surface area contributed by atoms with E-state index in [4.69, 9.17) is 12.2 Å². The van der Waals surface area contributed by atoms with Crippen molar-refractivity contribution in [2.45, 2.75) is 38.1 Å². The zero-order valence-corrected chi connectivity index (χ0v) is 7.86. The first-order valence-electron chi connectivity index (χ1n) is 4.27. The molecule has 1 aliphatic carbocycles. The Bertz CT molecular complexity index is 121. The van der Waals surface area contributed by atoms with Crippen LogP contribution in [0.1, 0.15) is 32.1 Å². The molecule has 0 saturated heterocycles. The van der Waals surface area contributed by atoms with Crippen LogP contribution in [-0.4, -0.2) is 23.6 Å². The summed E-state index contributed by atoms with van der Waals surface area (Å²) in [6.45, 7) is 0. The monoisotopic (exact) mass is 172 g/mol. The molecule has 0 aromatic rings. The summed E-state index contributed by atoms with van der Waals surface area (Å²) in [5.41, 5.74) is 4.99. The van der Waals surface area contributed by atoms with E-state index < -0.39 is 0 Å². The average molecular weight is 172 g/mol. The Morgan fingerprint density at radius 1 is 1.36 bits per heavy atom. The third-order valence-corrected chi connectivity index (χ3v) is 2.47. The van der Waals surface area contributed by atoms with E-state index in [1.165, 1.54) is 32.1 Å². The van der Waals surface area contributed by atoms with Crippen LogP contribution in [-0.2, 0) is 0 Å². The second-order valence-electron chi connectivity index (χ2n) is 3.18. The zero-order valence-electron chi connectivity index (χ0n) is 7.05. The molecule has 1 fully saturated rings. The van der Waals surface area contributed by atoms with E-state index in [1.807, 2.05) is 12.1 Å². The van der Waals surface area contributed by atoms with Crippen LogP contribution in [0.4, 0.5) is 0 Å². The molecule has 0 heterocycles. The van der Waals surface area contributed by atoms with Crippen LogP contribution >= 0.6 is 12.2 Å². The van der Waals surface area contributed by atoms with Gasteiger partial charge in [-0.25, -0.2) is 5.43 Å². The van der Waals surface area contributed by atoms with Crippen molar-refractivity contribution < 1.29 is 0 Å². The van der Waals surface area contributed by atoms with Crippen LogP contribution < -0.4 is 5.43 Å². The smallest absolute Gasteiger partial charge is 0.0784 e. The van der Waals surface area contributed by atoms with Crippen molar-refractivity contribution in [1.82, 2.24) is 10.4 Å². The highest BCUT2D eigenvalue weighted by Crippen LogP contribution is 2.17. The van der Waals surface area contributed by atoms with E-state index in [-0.39, 0.29) is 0 Å². The lowest BCUT2D eigenvalue weighted by Gasteiger charge is -2.26. The molecular weight excluding hydrogens is 156 g/mol. The molecule has 0 aliphatic heterocycles. The number of hydrogen-bond donors (Lipinski definition) is 1. The molecule has 0 amide bonds. The summed E-state index contributed by atoms with van der Waals surface area (Å²) in [6.07, 6.45) is 6.73. The molecule has 0 aromatic carbocycles. The first-order chi connectivity index (χ1) is 5.33. The van der Waals surface area contributed by atoms with Crippen LogP contribution in [0.25, 0.3) is 0 Å². The highest BCUT2D eigenvalue weighted by Gasteiger charge is 2.12. The van der Waals surface area contributed by atoms with Gasteiger partial charge >= 0.3 is 0 Å². The number of nitrogens with zero attached hydrogens (tertiary/aromatic N) is 1.